The van der Waals surface area contributed by atoms with Crippen LogP contribution in [-0.4, -0.2) is 21.4 Å². The zero-order valence-corrected chi connectivity index (χ0v) is 12.1. The fourth-order valence-corrected chi connectivity index (χ4v) is 1.93. The zero-order chi connectivity index (χ0) is 12.3. The number of nitrogens with zero attached hydrogens (tertiary/aromatic N) is 2. The number of rotatable bonds is 3. The van der Waals surface area contributed by atoms with E-state index in [2.05, 4.69) is 47.1 Å². The first-order chi connectivity index (χ1) is 7.28. The van der Waals surface area contributed by atoms with E-state index in [9.17, 15) is 4.79 Å². The SMILES string of the molecule is CC(C)(N)CC(=O)Nc1ncc(Br)nc1Br. The minimum Gasteiger partial charge on any atom is -0.325 e. The van der Waals surface area contributed by atoms with Crippen molar-refractivity contribution < 1.29 is 4.79 Å². The van der Waals surface area contributed by atoms with E-state index in [4.69, 9.17) is 5.73 Å². The average molecular weight is 352 g/mol. The maximum Gasteiger partial charge on any atom is 0.227 e. The van der Waals surface area contributed by atoms with Crippen LogP contribution in [0.25, 0.3) is 0 Å². The summed E-state index contributed by atoms with van der Waals surface area (Å²) < 4.78 is 1.07. The van der Waals surface area contributed by atoms with Gasteiger partial charge in [-0.2, -0.15) is 0 Å². The van der Waals surface area contributed by atoms with E-state index < -0.39 is 5.54 Å². The predicted octanol–water partition coefficient (Wildman–Crippen LogP) is 2.07. The standard InChI is InChI=1S/C9H12Br2N4O/c1-9(2,12)3-6(16)15-8-7(11)14-5(10)4-13-8/h4H,3,12H2,1-2H3,(H,13,15,16). The number of halogens is 2. The molecule has 0 saturated carbocycles. The number of aromatic nitrogens is 2. The number of nitrogens with one attached hydrogen (secondary N) is 1. The summed E-state index contributed by atoms with van der Waals surface area (Å²) in [6.45, 7) is 3.57. The van der Waals surface area contributed by atoms with E-state index in [1.807, 2.05) is 0 Å². The molecule has 0 aliphatic heterocycles. The van der Waals surface area contributed by atoms with E-state index in [0.29, 0.717) is 15.0 Å². The van der Waals surface area contributed by atoms with Crippen molar-refractivity contribution in [3.63, 3.8) is 0 Å². The molecule has 0 unspecified atom stereocenters. The predicted molar refractivity (Wildman–Crippen MR) is 68.9 cm³/mol. The molecule has 16 heavy (non-hydrogen) atoms. The first-order valence-corrected chi connectivity index (χ1v) is 6.13. The van der Waals surface area contributed by atoms with Gasteiger partial charge in [0.25, 0.3) is 0 Å². The van der Waals surface area contributed by atoms with Gasteiger partial charge in [-0.1, -0.05) is 0 Å². The van der Waals surface area contributed by atoms with Crippen LogP contribution >= 0.6 is 31.9 Å². The number of anilines is 1. The van der Waals surface area contributed by atoms with Gasteiger partial charge in [-0.3, -0.25) is 4.79 Å². The molecular weight excluding hydrogens is 340 g/mol. The van der Waals surface area contributed by atoms with Crippen molar-refractivity contribution in [1.29, 1.82) is 0 Å². The van der Waals surface area contributed by atoms with Crippen LogP contribution in [0.15, 0.2) is 15.4 Å². The Labute approximate surface area is 110 Å². The van der Waals surface area contributed by atoms with Crippen molar-refractivity contribution in [2.24, 2.45) is 5.73 Å². The third-order valence-corrected chi connectivity index (χ3v) is 2.51. The fourth-order valence-electron chi connectivity index (χ4n) is 1.02. The van der Waals surface area contributed by atoms with Gasteiger partial charge in [-0.15, -0.1) is 0 Å². The summed E-state index contributed by atoms with van der Waals surface area (Å²) in [6.07, 6.45) is 1.73. The first-order valence-electron chi connectivity index (χ1n) is 4.55. The third-order valence-electron chi connectivity index (χ3n) is 1.57. The highest BCUT2D eigenvalue weighted by Gasteiger charge is 2.17. The Balaban J connectivity index is 2.70. The van der Waals surface area contributed by atoms with Crippen molar-refractivity contribution in [3.8, 4) is 0 Å². The summed E-state index contributed by atoms with van der Waals surface area (Å²) >= 11 is 6.38. The van der Waals surface area contributed by atoms with Gasteiger partial charge < -0.3 is 11.1 Å². The summed E-state index contributed by atoms with van der Waals surface area (Å²) in [6, 6.07) is 0. The quantitative estimate of drug-likeness (QED) is 0.873. The molecule has 0 fully saturated rings. The van der Waals surface area contributed by atoms with Crippen LogP contribution in [0.1, 0.15) is 20.3 Å². The number of carbonyl (C=O) groups excluding carboxylic acids is 1. The molecule has 88 valence electrons. The summed E-state index contributed by atoms with van der Waals surface area (Å²) in [5, 5.41) is 2.63. The smallest absolute Gasteiger partial charge is 0.227 e. The Morgan fingerprint density at radius 1 is 1.56 bits per heavy atom. The van der Waals surface area contributed by atoms with Crippen molar-refractivity contribution in [1.82, 2.24) is 9.97 Å². The summed E-state index contributed by atoms with van der Waals surface area (Å²) in [7, 11) is 0. The monoisotopic (exact) mass is 350 g/mol. The molecule has 1 amide bonds. The summed E-state index contributed by atoms with van der Waals surface area (Å²) in [4.78, 5) is 19.6. The molecule has 0 aromatic carbocycles. The maximum absolute atomic E-state index is 11.6. The van der Waals surface area contributed by atoms with Gasteiger partial charge in [-0.25, -0.2) is 9.97 Å². The molecule has 1 aromatic heterocycles. The molecule has 1 aromatic rings. The molecule has 3 N–H and O–H groups in total. The Kier molecular flexibility index (Phi) is 4.40. The van der Waals surface area contributed by atoms with Crippen LogP contribution in [0.3, 0.4) is 0 Å². The Morgan fingerprint density at radius 3 is 2.69 bits per heavy atom. The molecule has 0 saturated heterocycles. The molecule has 0 atom stereocenters. The Morgan fingerprint density at radius 2 is 2.19 bits per heavy atom. The lowest BCUT2D eigenvalue weighted by Gasteiger charge is -2.17. The van der Waals surface area contributed by atoms with Gasteiger partial charge in [0, 0.05) is 12.0 Å². The van der Waals surface area contributed by atoms with E-state index in [0.717, 1.165) is 0 Å². The van der Waals surface area contributed by atoms with E-state index >= 15 is 0 Å². The van der Waals surface area contributed by atoms with Crippen LogP contribution in [0.2, 0.25) is 0 Å². The molecule has 5 nitrogen and oxygen atoms in total. The van der Waals surface area contributed by atoms with Crippen LogP contribution < -0.4 is 11.1 Å². The van der Waals surface area contributed by atoms with Gasteiger partial charge in [0.15, 0.2) is 5.82 Å². The third kappa shape index (κ3) is 4.54. The number of amides is 1. The molecular formula is C9H12Br2N4O. The Bertz CT molecular complexity index is 403. The molecule has 0 spiro atoms. The van der Waals surface area contributed by atoms with E-state index in [1.165, 1.54) is 6.20 Å². The molecule has 0 radical (unpaired) electrons. The zero-order valence-electron chi connectivity index (χ0n) is 8.92. The molecule has 0 aliphatic carbocycles. The second kappa shape index (κ2) is 5.20. The molecule has 1 heterocycles. The van der Waals surface area contributed by atoms with Crippen molar-refractivity contribution >= 4 is 43.6 Å². The van der Waals surface area contributed by atoms with Gasteiger partial charge in [-0.05, 0) is 45.7 Å². The van der Waals surface area contributed by atoms with Gasteiger partial charge in [0.05, 0.1) is 6.20 Å². The number of carbonyl (C=O) groups is 1. The average Bonchev–Trinajstić information content (AvgIpc) is 2.06. The fraction of sp³-hybridized carbons (Fsp3) is 0.444. The van der Waals surface area contributed by atoms with Gasteiger partial charge in [0.1, 0.15) is 9.21 Å². The van der Waals surface area contributed by atoms with Crippen LogP contribution in [0, 0.1) is 0 Å². The Hall–Kier alpha value is -0.530. The minimum atomic E-state index is -0.542. The highest BCUT2D eigenvalue weighted by Crippen LogP contribution is 2.19. The molecule has 0 aliphatic rings. The normalized spacial score (nSPS) is 11.3. The maximum atomic E-state index is 11.6. The van der Waals surface area contributed by atoms with Crippen molar-refractivity contribution in [2.75, 3.05) is 5.32 Å². The lowest BCUT2D eigenvalue weighted by Crippen LogP contribution is -2.36. The molecule has 7 heteroatoms. The van der Waals surface area contributed by atoms with E-state index in [-0.39, 0.29) is 12.3 Å². The largest absolute Gasteiger partial charge is 0.325 e. The van der Waals surface area contributed by atoms with Crippen molar-refractivity contribution in [2.45, 2.75) is 25.8 Å². The topological polar surface area (TPSA) is 80.9 Å². The van der Waals surface area contributed by atoms with Crippen LogP contribution in [-0.2, 0) is 4.79 Å². The first kappa shape index (κ1) is 13.5. The lowest BCUT2D eigenvalue weighted by atomic mass is 10.0. The van der Waals surface area contributed by atoms with Crippen LogP contribution in [0.5, 0.6) is 0 Å². The van der Waals surface area contributed by atoms with E-state index in [1.54, 1.807) is 13.8 Å². The highest BCUT2D eigenvalue weighted by atomic mass is 79.9. The van der Waals surface area contributed by atoms with Crippen LogP contribution in [0.4, 0.5) is 5.82 Å². The number of nitrogens with two attached hydrogens (primary N) is 1. The van der Waals surface area contributed by atoms with Gasteiger partial charge >= 0.3 is 0 Å². The lowest BCUT2D eigenvalue weighted by molar-refractivity contribution is -0.117. The highest BCUT2D eigenvalue weighted by molar-refractivity contribution is 9.11. The second-order valence-electron chi connectivity index (χ2n) is 4.05. The molecule has 1 rings (SSSR count). The summed E-state index contributed by atoms with van der Waals surface area (Å²) in [5.41, 5.74) is 5.19. The van der Waals surface area contributed by atoms with Gasteiger partial charge in [0.2, 0.25) is 5.91 Å². The second-order valence-corrected chi connectivity index (χ2v) is 5.61. The number of hydrogen-bond donors (Lipinski definition) is 2. The summed E-state index contributed by atoms with van der Waals surface area (Å²) in [5.74, 6) is 0.197. The minimum absolute atomic E-state index is 0.190. The molecule has 0 bridgehead atoms. The number of hydrogen-bond acceptors (Lipinski definition) is 4. The van der Waals surface area contributed by atoms with Crippen molar-refractivity contribution in [3.05, 3.63) is 15.4 Å².